The zero-order valence-electron chi connectivity index (χ0n) is 12.7. The molecule has 0 unspecified atom stereocenters. The molecule has 4 heteroatoms. The standard InChI is InChI=1S/C17H23FN2O/c1-3-9-19-11-14-10-15(21-13-14)12-20(4-2)17-8-6-5-7-16(17)18/h5-8,10,13,19H,3-4,9,11-12H2,1-2H3. The van der Waals surface area contributed by atoms with Gasteiger partial charge in [-0.25, -0.2) is 4.39 Å². The maximum Gasteiger partial charge on any atom is 0.146 e. The number of halogens is 1. The van der Waals surface area contributed by atoms with Crippen LogP contribution in [-0.2, 0) is 13.1 Å². The van der Waals surface area contributed by atoms with Crippen molar-refractivity contribution in [1.29, 1.82) is 0 Å². The summed E-state index contributed by atoms with van der Waals surface area (Å²) in [5.74, 6) is 0.657. The van der Waals surface area contributed by atoms with Gasteiger partial charge in [0.2, 0.25) is 0 Å². The van der Waals surface area contributed by atoms with Crippen LogP contribution < -0.4 is 10.2 Å². The van der Waals surface area contributed by atoms with Crippen LogP contribution in [0.1, 0.15) is 31.6 Å². The molecule has 0 saturated carbocycles. The number of benzene rings is 1. The highest BCUT2D eigenvalue weighted by molar-refractivity contribution is 5.47. The van der Waals surface area contributed by atoms with Crippen LogP contribution in [0.3, 0.4) is 0 Å². The largest absolute Gasteiger partial charge is 0.467 e. The number of anilines is 1. The van der Waals surface area contributed by atoms with Crippen molar-refractivity contribution in [3.8, 4) is 0 Å². The van der Waals surface area contributed by atoms with Gasteiger partial charge in [0.15, 0.2) is 0 Å². The molecule has 1 heterocycles. The molecule has 1 aromatic heterocycles. The van der Waals surface area contributed by atoms with E-state index in [2.05, 4.69) is 12.2 Å². The first-order valence-electron chi connectivity index (χ1n) is 7.51. The van der Waals surface area contributed by atoms with E-state index in [1.54, 1.807) is 18.4 Å². The van der Waals surface area contributed by atoms with Gasteiger partial charge in [0, 0.05) is 18.7 Å². The molecule has 1 aromatic carbocycles. The fraction of sp³-hybridized carbons (Fsp3) is 0.412. The summed E-state index contributed by atoms with van der Waals surface area (Å²) < 4.78 is 19.4. The lowest BCUT2D eigenvalue weighted by molar-refractivity contribution is 0.498. The molecule has 1 N–H and O–H groups in total. The fourth-order valence-electron chi connectivity index (χ4n) is 2.27. The molecule has 2 rings (SSSR count). The SMILES string of the molecule is CCCNCc1coc(CN(CC)c2ccccc2F)c1. The first kappa shape index (κ1) is 15.6. The van der Waals surface area contributed by atoms with Crippen LogP contribution >= 0.6 is 0 Å². The molecule has 0 fully saturated rings. The molecular formula is C17H23FN2O. The number of nitrogens with zero attached hydrogens (tertiary/aromatic N) is 1. The molecule has 2 aromatic rings. The summed E-state index contributed by atoms with van der Waals surface area (Å²) in [6.45, 7) is 7.26. The third-order valence-electron chi connectivity index (χ3n) is 3.39. The Morgan fingerprint density at radius 1 is 1.24 bits per heavy atom. The highest BCUT2D eigenvalue weighted by Gasteiger charge is 2.12. The Hall–Kier alpha value is -1.81. The molecule has 0 aliphatic carbocycles. The summed E-state index contributed by atoms with van der Waals surface area (Å²) in [4.78, 5) is 1.97. The van der Waals surface area contributed by atoms with Gasteiger partial charge in [-0.2, -0.15) is 0 Å². The van der Waals surface area contributed by atoms with E-state index in [-0.39, 0.29) is 5.82 Å². The van der Waals surface area contributed by atoms with E-state index in [1.165, 1.54) is 6.07 Å². The maximum atomic E-state index is 13.9. The quantitative estimate of drug-likeness (QED) is 0.746. The van der Waals surface area contributed by atoms with E-state index >= 15 is 0 Å². The van der Waals surface area contributed by atoms with Gasteiger partial charge in [0.25, 0.3) is 0 Å². The number of para-hydroxylation sites is 1. The van der Waals surface area contributed by atoms with Gasteiger partial charge in [-0.05, 0) is 38.1 Å². The third kappa shape index (κ3) is 4.33. The maximum absolute atomic E-state index is 13.9. The van der Waals surface area contributed by atoms with Crippen LogP contribution in [0.15, 0.2) is 41.0 Å². The molecule has 0 saturated heterocycles. The number of rotatable bonds is 8. The molecule has 0 bridgehead atoms. The van der Waals surface area contributed by atoms with Gasteiger partial charge in [0.05, 0.1) is 18.5 Å². The van der Waals surface area contributed by atoms with Crippen molar-refractivity contribution in [3.63, 3.8) is 0 Å². The second-order valence-electron chi connectivity index (χ2n) is 5.06. The minimum Gasteiger partial charge on any atom is -0.467 e. The van der Waals surface area contributed by atoms with Gasteiger partial charge in [-0.1, -0.05) is 19.1 Å². The molecular weight excluding hydrogens is 267 g/mol. The van der Waals surface area contributed by atoms with Gasteiger partial charge < -0.3 is 14.6 Å². The van der Waals surface area contributed by atoms with E-state index in [1.807, 2.05) is 24.0 Å². The topological polar surface area (TPSA) is 28.4 Å². The highest BCUT2D eigenvalue weighted by Crippen LogP contribution is 2.21. The van der Waals surface area contributed by atoms with Crippen molar-refractivity contribution in [3.05, 3.63) is 53.7 Å². The molecule has 0 aliphatic heterocycles. The average molecular weight is 290 g/mol. The summed E-state index contributed by atoms with van der Waals surface area (Å²) in [5, 5.41) is 3.34. The number of hydrogen-bond acceptors (Lipinski definition) is 3. The highest BCUT2D eigenvalue weighted by atomic mass is 19.1. The molecule has 3 nitrogen and oxygen atoms in total. The zero-order valence-corrected chi connectivity index (χ0v) is 12.7. The lowest BCUT2D eigenvalue weighted by Crippen LogP contribution is -2.22. The normalized spacial score (nSPS) is 10.8. The van der Waals surface area contributed by atoms with Crippen LogP contribution in [0, 0.1) is 5.82 Å². The van der Waals surface area contributed by atoms with Crippen LogP contribution in [0.25, 0.3) is 0 Å². The Morgan fingerprint density at radius 2 is 2.05 bits per heavy atom. The summed E-state index contributed by atoms with van der Waals surface area (Å²) in [6, 6.07) is 8.87. The Labute approximate surface area is 125 Å². The molecule has 0 radical (unpaired) electrons. The summed E-state index contributed by atoms with van der Waals surface area (Å²) >= 11 is 0. The van der Waals surface area contributed by atoms with E-state index in [4.69, 9.17) is 4.42 Å². The smallest absolute Gasteiger partial charge is 0.146 e. The number of hydrogen-bond donors (Lipinski definition) is 1. The molecule has 114 valence electrons. The fourth-order valence-corrected chi connectivity index (χ4v) is 2.27. The van der Waals surface area contributed by atoms with Crippen molar-refractivity contribution in [1.82, 2.24) is 5.32 Å². The molecule has 0 spiro atoms. The van der Waals surface area contributed by atoms with E-state index in [0.717, 1.165) is 37.4 Å². The monoisotopic (exact) mass is 290 g/mol. The Morgan fingerprint density at radius 3 is 2.76 bits per heavy atom. The van der Waals surface area contributed by atoms with E-state index in [0.29, 0.717) is 12.2 Å². The minimum atomic E-state index is -0.198. The first-order valence-corrected chi connectivity index (χ1v) is 7.51. The second kappa shape index (κ2) is 7.84. The van der Waals surface area contributed by atoms with Crippen molar-refractivity contribution in [2.24, 2.45) is 0 Å². The summed E-state index contributed by atoms with van der Waals surface area (Å²) in [7, 11) is 0. The van der Waals surface area contributed by atoms with Crippen molar-refractivity contribution >= 4 is 5.69 Å². The van der Waals surface area contributed by atoms with Crippen molar-refractivity contribution in [2.75, 3.05) is 18.0 Å². The number of nitrogens with one attached hydrogen (secondary N) is 1. The minimum absolute atomic E-state index is 0.198. The van der Waals surface area contributed by atoms with Crippen molar-refractivity contribution < 1.29 is 8.81 Å². The Balaban J connectivity index is 2.01. The van der Waals surface area contributed by atoms with Gasteiger partial charge >= 0.3 is 0 Å². The molecule has 0 aliphatic rings. The van der Waals surface area contributed by atoms with Gasteiger partial charge in [-0.15, -0.1) is 0 Å². The number of furan rings is 1. The van der Waals surface area contributed by atoms with E-state index in [9.17, 15) is 4.39 Å². The first-order chi connectivity index (χ1) is 10.2. The second-order valence-corrected chi connectivity index (χ2v) is 5.06. The van der Waals surface area contributed by atoms with Crippen molar-refractivity contribution in [2.45, 2.75) is 33.4 Å². The Kier molecular flexibility index (Phi) is 5.81. The summed E-state index contributed by atoms with van der Waals surface area (Å²) in [5.41, 5.74) is 1.74. The zero-order chi connectivity index (χ0) is 15.1. The lowest BCUT2D eigenvalue weighted by atomic mass is 10.2. The van der Waals surface area contributed by atoms with Gasteiger partial charge in [0.1, 0.15) is 11.6 Å². The predicted octanol–water partition coefficient (Wildman–Crippen LogP) is 3.94. The predicted molar refractivity (Wildman–Crippen MR) is 83.8 cm³/mol. The van der Waals surface area contributed by atoms with Crippen LogP contribution in [0.5, 0.6) is 0 Å². The summed E-state index contributed by atoms with van der Waals surface area (Å²) in [6.07, 6.45) is 2.88. The molecule has 0 atom stereocenters. The third-order valence-corrected chi connectivity index (χ3v) is 3.39. The van der Waals surface area contributed by atoms with Crippen LogP contribution in [-0.4, -0.2) is 13.1 Å². The van der Waals surface area contributed by atoms with Gasteiger partial charge in [-0.3, -0.25) is 0 Å². The lowest BCUT2D eigenvalue weighted by Gasteiger charge is -2.22. The molecule has 21 heavy (non-hydrogen) atoms. The van der Waals surface area contributed by atoms with Crippen LogP contribution in [0.4, 0.5) is 10.1 Å². The average Bonchev–Trinajstić information content (AvgIpc) is 2.93. The molecule has 0 amide bonds. The van der Waals surface area contributed by atoms with Crippen LogP contribution in [0.2, 0.25) is 0 Å². The van der Waals surface area contributed by atoms with E-state index < -0.39 is 0 Å². The Bertz CT molecular complexity index is 553.